The van der Waals surface area contributed by atoms with Crippen LogP contribution >= 0.6 is 0 Å². The molecule has 2 rings (SSSR count). The van der Waals surface area contributed by atoms with Gasteiger partial charge in [0.15, 0.2) is 11.5 Å². The molecule has 116 valence electrons. The molecule has 0 radical (unpaired) electrons. The van der Waals surface area contributed by atoms with Crippen molar-refractivity contribution in [2.75, 3.05) is 23.3 Å². The van der Waals surface area contributed by atoms with Gasteiger partial charge in [-0.3, -0.25) is 4.79 Å². The number of aromatic nitrogens is 2. The van der Waals surface area contributed by atoms with E-state index in [0.717, 1.165) is 25.2 Å². The quantitative estimate of drug-likeness (QED) is 0.923. The molecule has 0 atom stereocenters. The SMILES string of the molecule is CCN(CC)c1ccc(C(=O)Nc2c(F)cccc2F)nn1. The predicted molar refractivity (Wildman–Crippen MR) is 79.9 cm³/mol. The zero-order valence-electron chi connectivity index (χ0n) is 12.3. The second-order valence-electron chi connectivity index (χ2n) is 4.50. The van der Waals surface area contributed by atoms with Crippen LogP contribution < -0.4 is 10.2 Å². The van der Waals surface area contributed by atoms with Gasteiger partial charge in [0.05, 0.1) is 0 Å². The lowest BCUT2D eigenvalue weighted by Gasteiger charge is -2.18. The summed E-state index contributed by atoms with van der Waals surface area (Å²) in [6.45, 7) is 5.48. The lowest BCUT2D eigenvalue weighted by molar-refractivity contribution is 0.102. The maximum Gasteiger partial charge on any atom is 0.276 e. The van der Waals surface area contributed by atoms with Gasteiger partial charge < -0.3 is 10.2 Å². The molecule has 22 heavy (non-hydrogen) atoms. The first-order valence-electron chi connectivity index (χ1n) is 6.90. The van der Waals surface area contributed by atoms with E-state index in [1.807, 2.05) is 18.7 Å². The molecule has 1 N–H and O–H groups in total. The second kappa shape index (κ2) is 6.93. The number of halogens is 2. The number of para-hydroxylation sites is 1. The van der Waals surface area contributed by atoms with Gasteiger partial charge in [-0.2, -0.15) is 0 Å². The van der Waals surface area contributed by atoms with Crippen molar-refractivity contribution in [2.24, 2.45) is 0 Å². The zero-order chi connectivity index (χ0) is 16.1. The first-order valence-corrected chi connectivity index (χ1v) is 6.90. The Labute approximate surface area is 127 Å². The molecule has 0 saturated carbocycles. The van der Waals surface area contributed by atoms with Crippen molar-refractivity contribution in [2.45, 2.75) is 13.8 Å². The molecule has 0 unspecified atom stereocenters. The number of nitrogens with zero attached hydrogens (tertiary/aromatic N) is 3. The van der Waals surface area contributed by atoms with Crippen molar-refractivity contribution in [3.63, 3.8) is 0 Å². The number of benzene rings is 1. The summed E-state index contributed by atoms with van der Waals surface area (Å²) < 4.78 is 27.0. The molecule has 5 nitrogen and oxygen atoms in total. The Balaban J connectivity index is 2.17. The molecule has 0 fully saturated rings. The predicted octanol–water partition coefficient (Wildman–Crippen LogP) is 2.85. The van der Waals surface area contributed by atoms with Crippen molar-refractivity contribution in [1.29, 1.82) is 0 Å². The summed E-state index contributed by atoms with van der Waals surface area (Å²) in [6, 6.07) is 6.46. The molecular weight excluding hydrogens is 290 g/mol. The molecule has 1 heterocycles. The minimum absolute atomic E-state index is 0.0152. The molecular formula is C15H16F2N4O. The zero-order valence-corrected chi connectivity index (χ0v) is 12.3. The smallest absolute Gasteiger partial charge is 0.276 e. The fourth-order valence-electron chi connectivity index (χ4n) is 1.96. The number of rotatable bonds is 5. The fraction of sp³-hybridized carbons (Fsp3) is 0.267. The van der Waals surface area contributed by atoms with Gasteiger partial charge in [0.25, 0.3) is 5.91 Å². The minimum Gasteiger partial charge on any atom is -0.356 e. The topological polar surface area (TPSA) is 58.1 Å². The van der Waals surface area contributed by atoms with Gasteiger partial charge in [-0.1, -0.05) is 6.07 Å². The Hall–Kier alpha value is -2.57. The number of nitrogens with one attached hydrogen (secondary N) is 1. The first kappa shape index (κ1) is 15.8. The van der Waals surface area contributed by atoms with E-state index in [2.05, 4.69) is 15.5 Å². The van der Waals surface area contributed by atoms with E-state index in [4.69, 9.17) is 0 Å². The molecule has 0 aliphatic carbocycles. The highest BCUT2D eigenvalue weighted by molar-refractivity contribution is 6.02. The van der Waals surface area contributed by atoms with Crippen molar-refractivity contribution >= 4 is 17.4 Å². The van der Waals surface area contributed by atoms with E-state index in [9.17, 15) is 13.6 Å². The molecule has 0 aliphatic rings. The lowest BCUT2D eigenvalue weighted by Crippen LogP contribution is -2.24. The van der Waals surface area contributed by atoms with Crippen LogP contribution in [-0.4, -0.2) is 29.2 Å². The van der Waals surface area contributed by atoms with Crippen molar-refractivity contribution in [1.82, 2.24) is 10.2 Å². The fourth-order valence-corrected chi connectivity index (χ4v) is 1.96. The number of amides is 1. The van der Waals surface area contributed by atoms with Crippen molar-refractivity contribution < 1.29 is 13.6 Å². The number of anilines is 2. The molecule has 1 aromatic carbocycles. The number of carbonyl (C=O) groups excluding carboxylic acids is 1. The largest absolute Gasteiger partial charge is 0.356 e. The molecule has 0 aliphatic heterocycles. The third-order valence-electron chi connectivity index (χ3n) is 3.17. The van der Waals surface area contributed by atoms with Crippen LogP contribution in [0.5, 0.6) is 0 Å². The minimum atomic E-state index is -0.846. The maximum absolute atomic E-state index is 13.5. The molecule has 7 heteroatoms. The number of hydrogen-bond acceptors (Lipinski definition) is 4. The van der Waals surface area contributed by atoms with Gasteiger partial charge in [-0.25, -0.2) is 8.78 Å². The maximum atomic E-state index is 13.5. The van der Waals surface area contributed by atoms with Crippen LogP contribution in [0, 0.1) is 11.6 Å². The van der Waals surface area contributed by atoms with Crippen molar-refractivity contribution in [3.8, 4) is 0 Å². The van der Waals surface area contributed by atoms with E-state index in [1.54, 1.807) is 6.07 Å². The van der Waals surface area contributed by atoms with E-state index >= 15 is 0 Å². The van der Waals surface area contributed by atoms with Gasteiger partial charge in [-0.05, 0) is 38.1 Å². The Kier molecular flexibility index (Phi) is 4.98. The van der Waals surface area contributed by atoms with Crippen LogP contribution in [0.2, 0.25) is 0 Å². The molecule has 1 aromatic heterocycles. The van der Waals surface area contributed by atoms with Gasteiger partial charge in [0.2, 0.25) is 0 Å². The van der Waals surface area contributed by atoms with E-state index in [1.165, 1.54) is 12.1 Å². The van der Waals surface area contributed by atoms with Crippen LogP contribution in [0.25, 0.3) is 0 Å². The molecule has 0 saturated heterocycles. The van der Waals surface area contributed by atoms with Crippen molar-refractivity contribution in [3.05, 3.63) is 47.7 Å². The van der Waals surface area contributed by atoms with Crippen LogP contribution in [0.15, 0.2) is 30.3 Å². The number of hydrogen-bond donors (Lipinski definition) is 1. The summed E-state index contributed by atoms with van der Waals surface area (Å²) in [5, 5.41) is 9.92. The number of carbonyl (C=O) groups is 1. The Bertz CT molecular complexity index is 637. The van der Waals surface area contributed by atoms with E-state index in [-0.39, 0.29) is 5.69 Å². The van der Waals surface area contributed by atoms with Crippen LogP contribution in [0.4, 0.5) is 20.3 Å². The van der Waals surface area contributed by atoms with Gasteiger partial charge >= 0.3 is 0 Å². The highest BCUT2D eigenvalue weighted by Crippen LogP contribution is 2.18. The van der Waals surface area contributed by atoms with E-state index < -0.39 is 23.2 Å². The average Bonchev–Trinajstić information content (AvgIpc) is 2.53. The third kappa shape index (κ3) is 3.36. The van der Waals surface area contributed by atoms with Gasteiger partial charge in [0, 0.05) is 13.1 Å². The molecule has 0 spiro atoms. The Morgan fingerprint density at radius 3 is 2.23 bits per heavy atom. The van der Waals surface area contributed by atoms with Crippen LogP contribution in [0.3, 0.4) is 0 Å². The monoisotopic (exact) mass is 306 g/mol. The standard InChI is InChI=1S/C15H16F2N4O/c1-3-21(4-2)13-9-8-12(19-20-13)15(22)18-14-10(16)6-5-7-11(14)17/h5-9H,3-4H2,1-2H3,(H,18,22). The van der Waals surface area contributed by atoms with Gasteiger partial charge in [-0.15, -0.1) is 10.2 Å². The van der Waals surface area contributed by atoms with E-state index in [0.29, 0.717) is 5.82 Å². The Morgan fingerprint density at radius 2 is 1.73 bits per heavy atom. The van der Waals surface area contributed by atoms with Crippen LogP contribution in [-0.2, 0) is 0 Å². The summed E-state index contributed by atoms with van der Waals surface area (Å²) in [5.41, 5.74) is -0.513. The summed E-state index contributed by atoms with van der Waals surface area (Å²) in [4.78, 5) is 13.9. The molecule has 0 bridgehead atoms. The molecule has 2 aromatic rings. The summed E-state index contributed by atoms with van der Waals surface area (Å²) >= 11 is 0. The second-order valence-corrected chi connectivity index (χ2v) is 4.50. The summed E-state index contributed by atoms with van der Waals surface area (Å²) in [7, 11) is 0. The summed E-state index contributed by atoms with van der Waals surface area (Å²) in [5.74, 6) is -1.77. The van der Waals surface area contributed by atoms with Gasteiger partial charge in [0.1, 0.15) is 17.3 Å². The normalized spacial score (nSPS) is 10.4. The molecule has 1 amide bonds. The highest BCUT2D eigenvalue weighted by atomic mass is 19.1. The Morgan fingerprint density at radius 1 is 1.09 bits per heavy atom. The highest BCUT2D eigenvalue weighted by Gasteiger charge is 2.15. The average molecular weight is 306 g/mol. The van der Waals surface area contributed by atoms with Crippen LogP contribution in [0.1, 0.15) is 24.3 Å². The summed E-state index contributed by atoms with van der Waals surface area (Å²) in [6.07, 6.45) is 0. The lowest BCUT2D eigenvalue weighted by atomic mass is 10.2. The third-order valence-corrected chi connectivity index (χ3v) is 3.17. The first-order chi connectivity index (χ1) is 10.6.